The smallest absolute Gasteiger partial charge is 0.284 e. The first-order valence-corrected chi connectivity index (χ1v) is 7.66. The summed E-state index contributed by atoms with van der Waals surface area (Å²) in [6.07, 6.45) is -2.63. The number of anilines is 1. The van der Waals surface area contributed by atoms with Gasteiger partial charge in [0.2, 0.25) is 10.0 Å². The maximum Gasteiger partial charge on any atom is 0.417 e. The second-order valence-electron chi connectivity index (χ2n) is 4.38. The van der Waals surface area contributed by atoms with Crippen LogP contribution in [0.15, 0.2) is 42.6 Å². The van der Waals surface area contributed by atoms with E-state index in [1.54, 1.807) is 12.1 Å². The molecule has 0 aliphatic heterocycles. The van der Waals surface area contributed by atoms with Gasteiger partial charge in [-0.15, -0.1) is 0 Å². The molecular weight excluding hydrogens is 305 g/mol. The number of rotatable bonds is 3. The van der Waals surface area contributed by atoms with Crippen LogP contribution in [0.4, 0.5) is 18.9 Å². The highest BCUT2D eigenvalue weighted by Gasteiger charge is 2.30. The number of aromatic nitrogens is 1. The van der Waals surface area contributed by atoms with E-state index in [1.807, 2.05) is 0 Å². The van der Waals surface area contributed by atoms with Gasteiger partial charge in [-0.3, -0.25) is 9.71 Å². The van der Waals surface area contributed by atoms with Crippen LogP contribution in [-0.2, 0) is 16.2 Å². The van der Waals surface area contributed by atoms with Gasteiger partial charge in [-0.05, 0) is 24.3 Å². The molecule has 1 aromatic carbocycles. The molecule has 0 radical (unpaired) electrons. The van der Waals surface area contributed by atoms with Crippen LogP contribution in [0.3, 0.4) is 0 Å². The van der Waals surface area contributed by atoms with E-state index in [0.717, 1.165) is 18.5 Å². The number of hydrogen-bond donors (Lipinski definition) is 1. The van der Waals surface area contributed by atoms with Crippen molar-refractivity contribution >= 4 is 15.7 Å². The molecule has 112 valence electrons. The fourth-order valence-electron chi connectivity index (χ4n) is 1.66. The molecule has 8 heteroatoms. The number of sulfonamides is 1. The highest BCUT2D eigenvalue weighted by atomic mass is 32.2. The largest absolute Gasteiger partial charge is 0.417 e. The third-order valence-corrected chi connectivity index (χ3v) is 3.18. The van der Waals surface area contributed by atoms with E-state index in [1.165, 1.54) is 18.2 Å². The van der Waals surface area contributed by atoms with Gasteiger partial charge in [0.15, 0.2) is 0 Å². The predicted molar refractivity (Wildman–Crippen MR) is 73.1 cm³/mol. The summed E-state index contributed by atoms with van der Waals surface area (Å²) in [7, 11) is -3.37. The lowest BCUT2D eigenvalue weighted by molar-refractivity contribution is -0.137. The molecule has 2 rings (SSSR count). The molecule has 0 amide bonds. The standard InChI is InChI=1S/C13H11F3N2O2S/c1-21(19,20)18-11-5-2-9(3-6-11)12-7-4-10(8-17-12)13(14,15)16/h2-8,18H,1H3. The monoisotopic (exact) mass is 316 g/mol. The molecule has 0 bridgehead atoms. The normalized spacial score (nSPS) is 12.2. The lowest BCUT2D eigenvalue weighted by Crippen LogP contribution is -2.09. The number of pyridine rings is 1. The number of hydrogen-bond acceptors (Lipinski definition) is 3. The SMILES string of the molecule is CS(=O)(=O)Nc1ccc(-c2ccc(C(F)(F)F)cn2)cc1. The first-order valence-electron chi connectivity index (χ1n) is 5.77. The molecule has 1 heterocycles. The molecule has 0 atom stereocenters. The molecule has 21 heavy (non-hydrogen) atoms. The fraction of sp³-hybridized carbons (Fsp3) is 0.154. The van der Waals surface area contributed by atoms with Crippen molar-refractivity contribution < 1.29 is 21.6 Å². The van der Waals surface area contributed by atoms with E-state index in [9.17, 15) is 21.6 Å². The van der Waals surface area contributed by atoms with Crippen molar-refractivity contribution in [2.24, 2.45) is 0 Å². The fourth-order valence-corrected chi connectivity index (χ4v) is 2.22. The van der Waals surface area contributed by atoms with Crippen molar-refractivity contribution in [1.82, 2.24) is 4.98 Å². The lowest BCUT2D eigenvalue weighted by atomic mass is 10.1. The third kappa shape index (κ3) is 4.19. The molecule has 0 unspecified atom stereocenters. The molecule has 0 aliphatic carbocycles. The van der Waals surface area contributed by atoms with Gasteiger partial charge in [-0.25, -0.2) is 8.42 Å². The molecule has 0 saturated heterocycles. The van der Waals surface area contributed by atoms with Crippen LogP contribution < -0.4 is 4.72 Å². The highest BCUT2D eigenvalue weighted by molar-refractivity contribution is 7.92. The Balaban J connectivity index is 2.23. The van der Waals surface area contributed by atoms with Gasteiger partial charge in [-0.1, -0.05) is 12.1 Å². The summed E-state index contributed by atoms with van der Waals surface area (Å²) in [5, 5.41) is 0. The summed E-state index contributed by atoms with van der Waals surface area (Å²) in [6, 6.07) is 8.38. The Kier molecular flexibility index (Phi) is 3.91. The number of benzene rings is 1. The first kappa shape index (κ1) is 15.3. The van der Waals surface area contributed by atoms with Crippen molar-refractivity contribution in [2.45, 2.75) is 6.18 Å². The minimum absolute atomic E-state index is 0.369. The Morgan fingerprint density at radius 3 is 2.10 bits per heavy atom. The predicted octanol–water partition coefficient (Wildman–Crippen LogP) is 3.14. The molecule has 0 spiro atoms. The Morgan fingerprint density at radius 1 is 1.05 bits per heavy atom. The topological polar surface area (TPSA) is 59.1 Å². The van der Waals surface area contributed by atoms with Crippen LogP contribution >= 0.6 is 0 Å². The van der Waals surface area contributed by atoms with Crippen molar-refractivity contribution in [1.29, 1.82) is 0 Å². The van der Waals surface area contributed by atoms with Gasteiger partial charge in [0.05, 0.1) is 17.5 Å². The average molecular weight is 316 g/mol. The van der Waals surface area contributed by atoms with E-state index in [4.69, 9.17) is 0 Å². The van der Waals surface area contributed by atoms with Crippen molar-refractivity contribution in [3.8, 4) is 11.3 Å². The van der Waals surface area contributed by atoms with Crippen LogP contribution in [0.1, 0.15) is 5.56 Å². The summed E-state index contributed by atoms with van der Waals surface area (Å²) in [5.74, 6) is 0. The van der Waals surface area contributed by atoms with Gasteiger partial charge >= 0.3 is 6.18 Å². The lowest BCUT2D eigenvalue weighted by Gasteiger charge is -2.08. The Labute approximate surface area is 119 Å². The quantitative estimate of drug-likeness (QED) is 0.946. The summed E-state index contributed by atoms with van der Waals surface area (Å²) in [6.45, 7) is 0. The zero-order chi connectivity index (χ0) is 15.7. The summed E-state index contributed by atoms with van der Waals surface area (Å²) in [5.41, 5.74) is 0.506. The van der Waals surface area contributed by atoms with Gasteiger partial charge in [-0.2, -0.15) is 13.2 Å². The van der Waals surface area contributed by atoms with Gasteiger partial charge < -0.3 is 0 Å². The van der Waals surface area contributed by atoms with E-state index < -0.39 is 21.8 Å². The Bertz CT molecular complexity index is 724. The molecule has 4 nitrogen and oxygen atoms in total. The average Bonchev–Trinajstić information content (AvgIpc) is 2.37. The molecule has 1 N–H and O–H groups in total. The minimum atomic E-state index is -4.42. The summed E-state index contributed by atoms with van der Waals surface area (Å²) >= 11 is 0. The van der Waals surface area contributed by atoms with Crippen LogP contribution in [0.25, 0.3) is 11.3 Å². The zero-order valence-electron chi connectivity index (χ0n) is 10.8. The second-order valence-corrected chi connectivity index (χ2v) is 6.13. The van der Waals surface area contributed by atoms with Crippen LogP contribution in [-0.4, -0.2) is 19.7 Å². The molecule has 1 aromatic heterocycles. The van der Waals surface area contributed by atoms with E-state index in [0.29, 0.717) is 16.9 Å². The first-order chi connectivity index (χ1) is 9.65. The number of nitrogens with zero attached hydrogens (tertiary/aromatic N) is 1. The summed E-state index contributed by atoms with van der Waals surface area (Å²) < 4.78 is 61.7. The molecular formula is C13H11F3N2O2S. The van der Waals surface area contributed by atoms with Crippen LogP contribution in [0, 0.1) is 0 Å². The Morgan fingerprint density at radius 2 is 1.67 bits per heavy atom. The number of halogens is 3. The van der Waals surface area contributed by atoms with Gasteiger partial charge in [0.1, 0.15) is 0 Å². The maximum absolute atomic E-state index is 12.4. The van der Waals surface area contributed by atoms with Gasteiger partial charge in [0, 0.05) is 17.4 Å². The Hall–Kier alpha value is -2.09. The number of nitrogens with one attached hydrogen (secondary N) is 1. The molecule has 2 aromatic rings. The van der Waals surface area contributed by atoms with Crippen molar-refractivity contribution in [2.75, 3.05) is 11.0 Å². The summed E-state index contributed by atoms with van der Waals surface area (Å²) in [4.78, 5) is 3.76. The molecule has 0 saturated carbocycles. The second kappa shape index (κ2) is 5.36. The van der Waals surface area contributed by atoms with E-state index >= 15 is 0 Å². The van der Waals surface area contributed by atoms with Crippen molar-refractivity contribution in [3.63, 3.8) is 0 Å². The third-order valence-electron chi connectivity index (χ3n) is 2.57. The van der Waals surface area contributed by atoms with Crippen molar-refractivity contribution in [3.05, 3.63) is 48.2 Å². The zero-order valence-corrected chi connectivity index (χ0v) is 11.7. The van der Waals surface area contributed by atoms with E-state index in [2.05, 4.69) is 9.71 Å². The maximum atomic E-state index is 12.4. The van der Waals surface area contributed by atoms with Crippen LogP contribution in [0.2, 0.25) is 0 Å². The molecule has 0 aliphatic rings. The molecule has 0 fully saturated rings. The van der Waals surface area contributed by atoms with Gasteiger partial charge in [0.25, 0.3) is 0 Å². The minimum Gasteiger partial charge on any atom is -0.284 e. The van der Waals surface area contributed by atoms with E-state index in [-0.39, 0.29) is 0 Å². The number of alkyl halides is 3. The highest BCUT2D eigenvalue weighted by Crippen LogP contribution is 2.29. The van der Waals surface area contributed by atoms with Crippen LogP contribution in [0.5, 0.6) is 0 Å².